The standard InChI is InChI=1S/C12H12N4O2S2/c13-12(19)11-10(5-2-6-15-11)16-8-3-1-4-9(7-8)20(14,17)18/h1-7,16H,(H2,13,19)(H2,14,17,18). The van der Waals surface area contributed by atoms with Gasteiger partial charge in [0, 0.05) is 11.9 Å². The largest absolute Gasteiger partial charge is 0.388 e. The van der Waals surface area contributed by atoms with Crippen molar-refractivity contribution in [3.05, 3.63) is 48.3 Å². The number of nitrogens with two attached hydrogens (primary N) is 2. The van der Waals surface area contributed by atoms with Gasteiger partial charge in [0.15, 0.2) is 0 Å². The number of hydrogen-bond donors (Lipinski definition) is 3. The third kappa shape index (κ3) is 3.29. The summed E-state index contributed by atoms with van der Waals surface area (Å²) in [5, 5.41) is 8.10. The number of nitrogens with one attached hydrogen (secondary N) is 1. The van der Waals surface area contributed by atoms with Crippen LogP contribution in [0.2, 0.25) is 0 Å². The second-order valence-electron chi connectivity index (χ2n) is 3.96. The lowest BCUT2D eigenvalue weighted by atomic mass is 10.2. The average molecular weight is 308 g/mol. The number of benzene rings is 1. The van der Waals surface area contributed by atoms with Crippen LogP contribution in [0.1, 0.15) is 5.69 Å². The van der Waals surface area contributed by atoms with Gasteiger partial charge in [0.2, 0.25) is 10.0 Å². The van der Waals surface area contributed by atoms with Gasteiger partial charge in [-0.2, -0.15) is 0 Å². The number of nitrogens with zero attached hydrogens (tertiary/aromatic N) is 1. The lowest BCUT2D eigenvalue weighted by molar-refractivity contribution is 0.598. The van der Waals surface area contributed by atoms with E-state index in [0.29, 0.717) is 17.1 Å². The Hall–Kier alpha value is -2.03. The maximum atomic E-state index is 11.3. The lowest BCUT2D eigenvalue weighted by Crippen LogP contribution is -2.14. The van der Waals surface area contributed by atoms with Crippen LogP contribution in [0.4, 0.5) is 11.4 Å². The summed E-state index contributed by atoms with van der Waals surface area (Å²) in [6.45, 7) is 0. The highest BCUT2D eigenvalue weighted by atomic mass is 32.2. The number of pyridine rings is 1. The molecule has 2 rings (SSSR count). The molecular weight excluding hydrogens is 296 g/mol. The van der Waals surface area contributed by atoms with E-state index in [1.165, 1.54) is 12.1 Å². The summed E-state index contributed by atoms with van der Waals surface area (Å²) in [6, 6.07) is 9.58. The van der Waals surface area contributed by atoms with Gasteiger partial charge < -0.3 is 11.1 Å². The topological polar surface area (TPSA) is 111 Å². The van der Waals surface area contributed by atoms with Gasteiger partial charge in [-0.05, 0) is 30.3 Å². The normalized spacial score (nSPS) is 11.1. The zero-order valence-corrected chi connectivity index (χ0v) is 11.9. The molecule has 0 aliphatic heterocycles. The second kappa shape index (κ2) is 5.53. The summed E-state index contributed by atoms with van der Waals surface area (Å²) in [5.74, 6) is 0. The average Bonchev–Trinajstić information content (AvgIpc) is 2.38. The van der Waals surface area contributed by atoms with Crippen LogP contribution in [0.15, 0.2) is 47.5 Å². The van der Waals surface area contributed by atoms with Crippen LogP contribution in [-0.4, -0.2) is 18.4 Å². The molecule has 0 aliphatic rings. The van der Waals surface area contributed by atoms with Gasteiger partial charge >= 0.3 is 0 Å². The van der Waals surface area contributed by atoms with E-state index in [9.17, 15) is 8.42 Å². The molecule has 6 nitrogen and oxygen atoms in total. The molecule has 0 aliphatic carbocycles. The predicted molar refractivity (Wildman–Crippen MR) is 81.2 cm³/mol. The quantitative estimate of drug-likeness (QED) is 0.730. The van der Waals surface area contributed by atoms with Crippen molar-refractivity contribution < 1.29 is 8.42 Å². The van der Waals surface area contributed by atoms with Gasteiger partial charge in [-0.1, -0.05) is 18.3 Å². The van der Waals surface area contributed by atoms with Crippen molar-refractivity contribution in [3.8, 4) is 0 Å². The maximum Gasteiger partial charge on any atom is 0.238 e. The highest BCUT2D eigenvalue weighted by molar-refractivity contribution is 7.89. The first kappa shape index (κ1) is 14.4. The number of thiocarbonyl (C=S) groups is 1. The molecule has 8 heteroatoms. The van der Waals surface area contributed by atoms with Crippen LogP contribution >= 0.6 is 12.2 Å². The Bertz CT molecular complexity index is 760. The van der Waals surface area contributed by atoms with Crippen molar-refractivity contribution in [2.75, 3.05) is 5.32 Å². The molecule has 0 spiro atoms. The molecule has 1 heterocycles. The summed E-state index contributed by atoms with van der Waals surface area (Å²) in [5.41, 5.74) is 7.15. The van der Waals surface area contributed by atoms with E-state index in [4.69, 9.17) is 23.1 Å². The van der Waals surface area contributed by atoms with E-state index < -0.39 is 10.0 Å². The van der Waals surface area contributed by atoms with Crippen molar-refractivity contribution in [1.29, 1.82) is 0 Å². The van der Waals surface area contributed by atoms with E-state index >= 15 is 0 Å². The second-order valence-corrected chi connectivity index (χ2v) is 5.96. The number of primary sulfonamides is 1. The van der Waals surface area contributed by atoms with Crippen LogP contribution in [0.3, 0.4) is 0 Å². The minimum atomic E-state index is -3.75. The van der Waals surface area contributed by atoms with Gasteiger partial charge in [0.05, 0.1) is 10.6 Å². The Labute approximate surface area is 121 Å². The van der Waals surface area contributed by atoms with Crippen LogP contribution in [0.5, 0.6) is 0 Å². The first-order chi connectivity index (χ1) is 9.38. The summed E-state index contributed by atoms with van der Waals surface area (Å²) < 4.78 is 22.6. The van der Waals surface area contributed by atoms with E-state index in [1.54, 1.807) is 30.5 Å². The third-order valence-electron chi connectivity index (χ3n) is 2.48. The summed E-state index contributed by atoms with van der Waals surface area (Å²) in [4.78, 5) is 4.24. The van der Waals surface area contributed by atoms with Gasteiger partial charge in [-0.25, -0.2) is 13.6 Å². The fraction of sp³-hybridized carbons (Fsp3) is 0. The molecule has 2 aromatic rings. The van der Waals surface area contributed by atoms with Crippen molar-refractivity contribution in [2.24, 2.45) is 10.9 Å². The fourth-order valence-corrected chi connectivity index (χ4v) is 2.33. The van der Waals surface area contributed by atoms with E-state index in [2.05, 4.69) is 10.3 Å². The Morgan fingerprint density at radius 2 is 2.00 bits per heavy atom. The maximum absolute atomic E-state index is 11.3. The molecule has 20 heavy (non-hydrogen) atoms. The molecule has 0 bridgehead atoms. The van der Waals surface area contributed by atoms with Gasteiger partial charge in [-0.3, -0.25) is 4.98 Å². The van der Waals surface area contributed by atoms with Crippen molar-refractivity contribution in [3.63, 3.8) is 0 Å². The molecule has 0 saturated carbocycles. The molecule has 0 unspecified atom stereocenters. The van der Waals surface area contributed by atoms with E-state index in [0.717, 1.165) is 0 Å². The summed E-state index contributed by atoms with van der Waals surface area (Å²) in [6.07, 6.45) is 1.57. The Balaban J connectivity index is 2.39. The third-order valence-corrected chi connectivity index (χ3v) is 3.59. The molecule has 0 amide bonds. The first-order valence-corrected chi connectivity index (χ1v) is 7.48. The van der Waals surface area contributed by atoms with Crippen LogP contribution in [0.25, 0.3) is 0 Å². The molecule has 5 N–H and O–H groups in total. The molecule has 0 atom stereocenters. The number of hydrogen-bond acceptors (Lipinski definition) is 5. The Morgan fingerprint density at radius 3 is 2.65 bits per heavy atom. The van der Waals surface area contributed by atoms with Crippen LogP contribution < -0.4 is 16.2 Å². The summed E-state index contributed by atoms with van der Waals surface area (Å²) >= 11 is 4.91. The van der Waals surface area contributed by atoms with Crippen molar-refractivity contribution >= 4 is 38.6 Å². The molecular formula is C12H12N4O2S2. The Morgan fingerprint density at radius 1 is 1.25 bits per heavy atom. The highest BCUT2D eigenvalue weighted by Gasteiger charge is 2.10. The SMILES string of the molecule is NC(=S)c1ncccc1Nc1cccc(S(N)(=O)=O)c1. The number of rotatable bonds is 4. The van der Waals surface area contributed by atoms with Gasteiger partial charge in [0.1, 0.15) is 10.7 Å². The van der Waals surface area contributed by atoms with Gasteiger partial charge in [0.25, 0.3) is 0 Å². The van der Waals surface area contributed by atoms with Crippen LogP contribution in [-0.2, 0) is 10.0 Å². The molecule has 104 valence electrons. The summed E-state index contributed by atoms with van der Waals surface area (Å²) in [7, 11) is -3.75. The monoisotopic (exact) mass is 308 g/mol. The van der Waals surface area contributed by atoms with Crippen LogP contribution in [0, 0.1) is 0 Å². The number of anilines is 2. The predicted octanol–water partition coefficient (Wildman–Crippen LogP) is 1.11. The zero-order chi connectivity index (χ0) is 14.8. The van der Waals surface area contributed by atoms with E-state index in [-0.39, 0.29) is 9.88 Å². The first-order valence-electron chi connectivity index (χ1n) is 5.52. The zero-order valence-electron chi connectivity index (χ0n) is 10.3. The Kier molecular flexibility index (Phi) is 3.98. The molecule has 1 aromatic carbocycles. The minimum Gasteiger partial charge on any atom is -0.388 e. The minimum absolute atomic E-state index is 0.0169. The lowest BCUT2D eigenvalue weighted by Gasteiger charge is -2.10. The number of sulfonamides is 1. The smallest absolute Gasteiger partial charge is 0.238 e. The fourth-order valence-electron chi connectivity index (χ4n) is 1.61. The molecule has 0 saturated heterocycles. The molecule has 0 radical (unpaired) electrons. The number of aromatic nitrogens is 1. The van der Waals surface area contributed by atoms with Gasteiger partial charge in [-0.15, -0.1) is 0 Å². The van der Waals surface area contributed by atoms with E-state index in [1.807, 2.05) is 0 Å². The highest BCUT2D eigenvalue weighted by Crippen LogP contribution is 2.21. The van der Waals surface area contributed by atoms with Crippen molar-refractivity contribution in [2.45, 2.75) is 4.90 Å². The molecule has 1 aromatic heterocycles. The molecule has 0 fully saturated rings. The van der Waals surface area contributed by atoms with Crippen molar-refractivity contribution in [1.82, 2.24) is 4.98 Å².